The highest BCUT2D eigenvalue weighted by Crippen LogP contribution is 2.37. The fraction of sp³-hybridized carbons (Fsp3) is 0.190. The molecule has 2 aromatic carbocycles. The number of rotatable bonds is 6. The van der Waals surface area contributed by atoms with Gasteiger partial charge in [-0.25, -0.2) is 18.1 Å². The molecule has 34 heavy (non-hydrogen) atoms. The summed E-state index contributed by atoms with van der Waals surface area (Å²) in [7, 11) is 0.762. The molecule has 0 N–H and O–H groups in total. The monoisotopic (exact) mass is 504 g/mol. The number of halogens is 6. The highest BCUT2D eigenvalue weighted by Gasteiger charge is 2.35. The minimum absolute atomic E-state index is 0.0823. The molecule has 180 valence electrons. The molecule has 0 saturated carbocycles. The van der Waals surface area contributed by atoms with Crippen LogP contribution >= 0.6 is 11.6 Å². The molecule has 1 heterocycles. The number of aromatic nitrogens is 2. The van der Waals surface area contributed by atoms with Crippen molar-refractivity contribution < 1.29 is 36.2 Å². The van der Waals surface area contributed by atoms with Crippen molar-refractivity contribution in [3.05, 3.63) is 79.6 Å². The van der Waals surface area contributed by atoms with Gasteiger partial charge in [-0.05, 0) is 25.1 Å². The van der Waals surface area contributed by atoms with Crippen LogP contribution in [0, 0.1) is 11.6 Å². The van der Waals surface area contributed by atoms with Gasteiger partial charge in [-0.3, -0.25) is 14.2 Å². The van der Waals surface area contributed by atoms with E-state index in [0.29, 0.717) is 6.07 Å². The third-order valence-electron chi connectivity index (χ3n) is 4.41. The summed E-state index contributed by atoms with van der Waals surface area (Å²) in [5, 5.41) is -0.375. The minimum Gasteiger partial charge on any atom is -0.482 e. The number of ether oxygens (including phenoxy) is 2. The van der Waals surface area contributed by atoms with Gasteiger partial charge in [-0.2, -0.15) is 13.2 Å². The Balaban J connectivity index is 2.14. The Morgan fingerprint density at radius 1 is 1.03 bits per heavy atom. The van der Waals surface area contributed by atoms with Gasteiger partial charge >= 0.3 is 11.9 Å². The molecule has 13 heteroatoms. The summed E-state index contributed by atoms with van der Waals surface area (Å²) in [5.74, 6) is -3.09. The van der Waals surface area contributed by atoms with E-state index in [1.165, 1.54) is 6.92 Å². The van der Waals surface area contributed by atoms with Crippen molar-refractivity contribution in [1.29, 1.82) is 0 Å². The van der Waals surface area contributed by atoms with E-state index >= 15 is 0 Å². The molecule has 0 bridgehead atoms. The van der Waals surface area contributed by atoms with Gasteiger partial charge in [-0.1, -0.05) is 11.6 Å². The van der Waals surface area contributed by atoms with Crippen molar-refractivity contribution in [1.82, 2.24) is 9.13 Å². The molecule has 3 rings (SSSR count). The van der Waals surface area contributed by atoms with E-state index in [1.54, 1.807) is 0 Å². The number of ketones is 1. The first-order chi connectivity index (χ1) is 15.8. The second kappa shape index (κ2) is 9.29. The van der Waals surface area contributed by atoms with Crippen LogP contribution in [0.15, 0.2) is 46.0 Å². The van der Waals surface area contributed by atoms with Crippen LogP contribution in [0.5, 0.6) is 17.2 Å². The maximum absolute atomic E-state index is 14.6. The van der Waals surface area contributed by atoms with Gasteiger partial charge in [0.25, 0.3) is 5.56 Å². The lowest BCUT2D eigenvalue weighted by molar-refractivity contribution is -0.144. The molecule has 0 aliphatic heterocycles. The Bertz CT molecular complexity index is 1400. The molecule has 0 aliphatic carbocycles. The summed E-state index contributed by atoms with van der Waals surface area (Å²) in [6, 6.07) is 4.63. The van der Waals surface area contributed by atoms with Crippen LogP contribution in [-0.4, -0.2) is 21.5 Å². The second-order valence-corrected chi connectivity index (χ2v) is 7.37. The first-order valence-corrected chi connectivity index (χ1v) is 9.66. The lowest BCUT2D eigenvalue weighted by atomic mass is 10.2. The minimum atomic E-state index is -5.01. The second-order valence-electron chi connectivity index (χ2n) is 6.96. The van der Waals surface area contributed by atoms with E-state index in [4.69, 9.17) is 21.1 Å². The zero-order valence-electron chi connectivity index (χ0n) is 17.4. The van der Waals surface area contributed by atoms with E-state index in [1.807, 2.05) is 0 Å². The van der Waals surface area contributed by atoms with E-state index < -0.39 is 40.4 Å². The highest BCUT2D eigenvalue weighted by molar-refractivity contribution is 6.32. The van der Waals surface area contributed by atoms with Crippen molar-refractivity contribution in [2.24, 2.45) is 7.05 Å². The number of benzene rings is 2. The van der Waals surface area contributed by atoms with Gasteiger partial charge in [0.1, 0.15) is 29.7 Å². The molecule has 0 unspecified atom stereocenters. The van der Waals surface area contributed by atoms with E-state index in [-0.39, 0.29) is 49.9 Å². The average molecular weight is 505 g/mol. The fourth-order valence-corrected chi connectivity index (χ4v) is 3.06. The number of hydrogen-bond acceptors (Lipinski definition) is 5. The standard InChI is InChI=1S/C21H14ClF5N2O5/c1-10(30)9-33-15-4-3-11(23)5-17(15)34-16-7-14(13(24)6-12(16)22)29-19(31)8-18(21(25,26)27)28(2)20(29)32/h3-8H,9H2,1-2H3. The first-order valence-electron chi connectivity index (χ1n) is 9.29. The van der Waals surface area contributed by atoms with Crippen molar-refractivity contribution in [2.45, 2.75) is 13.1 Å². The molecule has 0 atom stereocenters. The topological polar surface area (TPSA) is 79.5 Å². The number of carbonyl (C=O) groups is 1. The number of carbonyl (C=O) groups excluding carboxylic acids is 1. The molecule has 7 nitrogen and oxygen atoms in total. The predicted molar refractivity (Wildman–Crippen MR) is 110 cm³/mol. The zero-order chi connectivity index (χ0) is 25.4. The van der Waals surface area contributed by atoms with Gasteiger partial charge in [0.15, 0.2) is 17.3 Å². The molecular weight excluding hydrogens is 491 g/mol. The Kier molecular flexibility index (Phi) is 6.82. The lowest BCUT2D eigenvalue weighted by Crippen LogP contribution is -2.41. The maximum Gasteiger partial charge on any atom is 0.431 e. The number of nitrogens with zero attached hydrogens (tertiary/aromatic N) is 2. The maximum atomic E-state index is 14.6. The average Bonchev–Trinajstić information content (AvgIpc) is 2.72. The fourth-order valence-electron chi connectivity index (χ4n) is 2.87. The Labute approximate surface area is 192 Å². The molecule has 0 aliphatic rings. The van der Waals surface area contributed by atoms with Crippen molar-refractivity contribution in [3.8, 4) is 22.9 Å². The predicted octanol–water partition coefficient (Wildman–Crippen LogP) is 4.25. The molecular formula is C21H14ClF5N2O5. The molecule has 0 saturated heterocycles. The van der Waals surface area contributed by atoms with Crippen molar-refractivity contribution in [2.75, 3.05) is 6.61 Å². The summed E-state index contributed by atoms with van der Waals surface area (Å²) in [4.78, 5) is 36.0. The summed E-state index contributed by atoms with van der Waals surface area (Å²) >= 11 is 5.98. The van der Waals surface area contributed by atoms with Gasteiger partial charge in [0.2, 0.25) is 0 Å². The largest absolute Gasteiger partial charge is 0.482 e. The highest BCUT2D eigenvalue weighted by atomic mass is 35.5. The van der Waals surface area contributed by atoms with Crippen molar-refractivity contribution >= 4 is 17.4 Å². The molecule has 0 fully saturated rings. The molecule has 0 amide bonds. The van der Waals surface area contributed by atoms with Crippen LogP contribution < -0.4 is 20.7 Å². The third-order valence-corrected chi connectivity index (χ3v) is 4.70. The van der Waals surface area contributed by atoms with Crippen LogP contribution in [0.2, 0.25) is 5.02 Å². The van der Waals surface area contributed by atoms with E-state index in [2.05, 4.69) is 0 Å². The summed E-state index contributed by atoms with van der Waals surface area (Å²) in [6.07, 6.45) is -5.01. The van der Waals surface area contributed by atoms with Crippen LogP contribution in [0.1, 0.15) is 12.6 Å². The summed E-state index contributed by atoms with van der Waals surface area (Å²) in [5.41, 5.74) is -5.24. The third kappa shape index (κ3) is 5.11. The number of alkyl halides is 3. The lowest BCUT2D eigenvalue weighted by Gasteiger charge is -2.16. The van der Waals surface area contributed by atoms with Crippen LogP contribution in [0.4, 0.5) is 22.0 Å². The van der Waals surface area contributed by atoms with Gasteiger partial charge in [0.05, 0.1) is 10.7 Å². The Morgan fingerprint density at radius 3 is 2.32 bits per heavy atom. The molecule has 3 aromatic rings. The number of Topliss-reactive ketones (excluding diaryl/α,β-unsaturated/α-hetero) is 1. The van der Waals surface area contributed by atoms with Crippen LogP contribution in [0.25, 0.3) is 5.69 Å². The summed E-state index contributed by atoms with van der Waals surface area (Å²) in [6.45, 7) is 0.872. The smallest absolute Gasteiger partial charge is 0.431 e. The first kappa shape index (κ1) is 25.0. The molecule has 0 spiro atoms. The van der Waals surface area contributed by atoms with Crippen LogP contribution in [-0.2, 0) is 18.0 Å². The summed E-state index contributed by atoms with van der Waals surface area (Å²) < 4.78 is 78.7. The molecule has 1 aromatic heterocycles. The Hall–Kier alpha value is -3.67. The van der Waals surface area contributed by atoms with Crippen molar-refractivity contribution in [3.63, 3.8) is 0 Å². The van der Waals surface area contributed by atoms with Gasteiger partial charge in [-0.15, -0.1) is 0 Å². The van der Waals surface area contributed by atoms with Gasteiger partial charge in [0, 0.05) is 25.2 Å². The molecule has 0 radical (unpaired) electrons. The zero-order valence-corrected chi connectivity index (χ0v) is 18.1. The normalized spacial score (nSPS) is 11.4. The van der Waals surface area contributed by atoms with E-state index in [9.17, 15) is 36.3 Å². The Morgan fingerprint density at radius 2 is 1.71 bits per heavy atom. The van der Waals surface area contributed by atoms with Gasteiger partial charge < -0.3 is 9.47 Å². The number of hydrogen-bond donors (Lipinski definition) is 0. The quantitative estimate of drug-likeness (QED) is 0.469. The SMILES string of the molecule is CC(=O)COc1ccc(F)cc1Oc1cc(-n2c(=O)cc(C(F)(F)F)n(C)c2=O)c(F)cc1Cl. The van der Waals surface area contributed by atoms with Crippen LogP contribution in [0.3, 0.4) is 0 Å². The van der Waals surface area contributed by atoms with E-state index in [0.717, 1.165) is 31.3 Å².